The van der Waals surface area contributed by atoms with Gasteiger partial charge in [-0.3, -0.25) is 14.4 Å². The summed E-state index contributed by atoms with van der Waals surface area (Å²) in [6, 6.07) is 0. The quantitative estimate of drug-likeness (QED) is 0.771. The third-order valence-electron chi connectivity index (χ3n) is 3.94. The summed E-state index contributed by atoms with van der Waals surface area (Å²) in [5.74, 6) is 0.689. The third kappa shape index (κ3) is 1.81. The Labute approximate surface area is 106 Å². The number of carbonyl (C=O) groups excluding carboxylic acids is 1. The van der Waals surface area contributed by atoms with Crippen LogP contribution in [0, 0.1) is 11.8 Å². The Morgan fingerprint density at radius 3 is 2.89 bits per heavy atom. The highest BCUT2D eigenvalue weighted by atomic mass is 16.3. The van der Waals surface area contributed by atoms with Gasteiger partial charge in [0.2, 0.25) is 5.91 Å². The average molecular weight is 250 g/mol. The van der Waals surface area contributed by atoms with Crippen molar-refractivity contribution in [3.8, 4) is 0 Å². The first-order valence-electron chi connectivity index (χ1n) is 6.32. The molecule has 18 heavy (non-hydrogen) atoms. The molecule has 1 aromatic heterocycles. The predicted octanol–water partition coefficient (Wildman–Crippen LogP) is -0.693. The van der Waals surface area contributed by atoms with Crippen molar-refractivity contribution in [3.05, 3.63) is 12.4 Å². The van der Waals surface area contributed by atoms with Gasteiger partial charge in [-0.15, -0.1) is 0 Å². The lowest BCUT2D eigenvalue weighted by molar-refractivity contribution is -0.120. The molecule has 2 fully saturated rings. The lowest BCUT2D eigenvalue weighted by Gasteiger charge is -2.19. The van der Waals surface area contributed by atoms with E-state index in [1.165, 1.54) is 0 Å². The summed E-state index contributed by atoms with van der Waals surface area (Å²) in [5, 5.41) is 13.1. The standard InChI is InChI=1S/C12H18N4O2/c1-14-7-10(4-13-14)16-6-9-5-15(2-3-17)8-11(9)12(16)18/h4,7,9,11,17H,2-3,5-6,8H2,1H3/t9-,11-/m0/s1. The smallest absolute Gasteiger partial charge is 0.231 e. The number of aryl methyl sites for hydroxylation is 1. The van der Waals surface area contributed by atoms with Gasteiger partial charge in [0.15, 0.2) is 0 Å². The molecule has 0 saturated carbocycles. The maximum Gasteiger partial charge on any atom is 0.231 e. The van der Waals surface area contributed by atoms with Crippen molar-refractivity contribution in [1.29, 1.82) is 0 Å². The molecule has 1 N–H and O–H groups in total. The van der Waals surface area contributed by atoms with Crippen LogP contribution < -0.4 is 4.90 Å². The van der Waals surface area contributed by atoms with Gasteiger partial charge in [0, 0.05) is 45.3 Å². The fraction of sp³-hybridized carbons (Fsp3) is 0.667. The molecule has 6 nitrogen and oxygen atoms in total. The van der Waals surface area contributed by atoms with Crippen LogP contribution >= 0.6 is 0 Å². The summed E-state index contributed by atoms with van der Waals surface area (Å²) in [4.78, 5) is 16.4. The number of aromatic nitrogens is 2. The van der Waals surface area contributed by atoms with Gasteiger partial charge in [0.05, 0.1) is 24.4 Å². The Kier molecular flexibility index (Phi) is 2.83. The number of carbonyl (C=O) groups is 1. The first-order chi connectivity index (χ1) is 8.69. The van der Waals surface area contributed by atoms with Crippen LogP contribution in [-0.2, 0) is 11.8 Å². The second-order valence-electron chi connectivity index (χ2n) is 5.17. The van der Waals surface area contributed by atoms with E-state index in [-0.39, 0.29) is 18.4 Å². The van der Waals surface area contributed by atoms with Crippen molar-refractivity contribution in [2.24, 2.45) is 18.9 Å². The molecule has 2 saturated heterocycles. The van der Waals surface area contributed by atoms with Crippen LogP contribution in [0.1, 0.15) is 0 Å². The number of hydrogen-bond donors (Lipinski definition) is 1. The number of aliphatic hydroxyl groups excluding tert-OH is 1. The number of aliphatic hydroxyl groups is 1. The molecule has 0 unspecified atom stereocenters. The van der Waals surface area contributed by atoms with Gasteiger partial charge in [-0.2, -0.15) is 5.10 Å². The summed E-state index contributed by atoms with van der Waals surface area (Å²) in [7, 11) is 1.86. The molecule has 0 radical (unpaired) electrons. The van der Waals surface area contributed by atoms with Crippen molar-refractivity contribution >= 4 is 11.6 Å². The van der Waals surface area contributed by atoms with Crippen molar-refractivity contribution < 1.29 is 9.90 Å². The molecule has 98 valence electrons. The van der Waals surface area contributed by atoms with Crippen molar-refractivity contribution in [1.82, 2.24) is 14.7 Å². The van der Waals surface area contributed by atoms with Crippen LogP contribution in [-0.4, -0.2) is 58.5 Å². The molecular formula is C12H18N4O2. The molecule has 2 aliphatic heterocycles. The highest BCUT2D eigenvalue weighted by Gasteiger charge is 2.46. The fourth-order valence-corrected chi connectivity index (χ4v) is 3.05. The zero-order valence-electron chi connectivity index (χ0n) is 10.5. The molecular weight excluding hydrogens is 232 g/mol. The largest absolute Gasteiger partial charge is 0.395 e. The molecule has 1 aromatic rings. The molecule has 3 rings (SSSR count). The number of nitrogens with zero attached hydrogens (tertiary/aromatic N) is 4. The van der Waals surface area contributed by atoms with Crippen LogP contribution in [0.5, 0.6) is 0 Å². The normalized spacial score (nSPS) is 28.1. The number of β-amino-alcohol motifs (C(OH)–C–C–N with tert-alkyl or cyclic N) is 1. The van der Waals surface area contributed by atoms with Crippen LogP contribution in [0.4, 0.5) is 5.69 Å². The Bertz CT molecular complexity index is 459. The van der Waals surface area contributed by atoms with E-state index in [1.54, 1.807) is 10.9 Å². The van der Waals surface area contributed by atoms with Crippen LogP contribution in [0.25, 0.3) is 0 Å². The molecule has 0 aromatic carbocycles. The van der Waals surface area contributed by atoms with Gasteiger partial charge in [0.1, 0.15) is 0 Å². The first kappa shape index (κ1) is 11.7. The van der Waals surface area contributed by atoms with Crippen molar-refractivity contribution in [2.75, 3.05) is 37.7 Å². The predicted molar refractivity (Wildman–Crippen MR) is 66.1 cm³/mol. The third-order valence-corrected chi connectivity index (χ3v) is 3.94. The second-order valence-corrected chi connectivity index (χ2v) is 5.17. The van der Waals surface area contributed by atoms with E-state index in [9.17, 15) is 4.79 Å². The summed E-state index contributed by atoms with van der Waals surface area (Å²) < 4.78 is 1.72. The Hall–Kier alpha value is -1.40. The highest BCUT2D eigenvalue weighted by Crippen LogP contribution is 2.34. The van der Waals surface area contributed by atoms with E-state index in [2.05, 4.69) is 10.00 Å². The summed E-state index contributed by atoms with van der Waals surface area (Å²) in [6.07, 6.45) is 3.62. The van der Waals surface area contributed by atoms with Crippen LogP contribution in [0.3, 0.4) is 0 Å². The summed E-state index contributed by atoms with van der Waals surface area (Å²) >= 11 is 0. The van der Waals surface area contributed by atoms with E-state index in [0.717, 1.165) is 25.3 Å². The number of amides is 1. The lowest BCUT2D eigenvalue weighted by atomic mass is 10.0. The van der Waals surface area contributed by atoms with E-state index in [1.807, 2.05) is 18.1 Å². The van der Waals surface area contributed by atoms with Crippen LogP contribution in [0.15, 0.2) is 12.4 Å². The molecule has 0 bridgehead atoms. The van der Waals surface area contributed by atoms with Crippen molar-refractivity contribution in [2.45, 2.75) is 0 Å². The average Bonchev–Trinajstić information content (AvgIpc) is 2.97. The minimum atomic E-state index is 0.0942. The molecule has 3 heterocycles. The first-order valence-corrected chi connectivity index (χ1v) is 6.32. The molecule has 1 amide bonds. The SMILES string of the molecule is Cn1cc(N2C[C@@H]3CN(CCO)C[C@@H]3C2=O)cn1. The summed E-state index contributed by atoms with van der Waals surface area (Å²) in [5.41, 5.74) is 0.894. The van der Waals surface area contributed by atoms with E-state index in [4.69, 9.17) is 5.11 Å². The second kappa shape index (κ2) is 4.37. The molecule has 2 atom stereocenters. The van der Waals surface area contributed by atoms with Gasteiger partial charge < -0.3 is 10.0 Å². The highest BCUT2D eigenvalue weighted by molar-refractivity contribution is 5.97. The molecule has 0 spiro atoms. The van der Waals surface area contributed by atoms with Crippen molar-refractivity contribution in [3.63, 3.8) is 0 Å². The van der Waals surface area contributed by atoms with Crippen LogP contribution in [0.2, 0.25) is 0 Å². The zero-order valence-corrected chi connectivity index (χ0v) is 10.5. The maximum atomic E-state index is 12.3. The Morgan fingerprint density at radius 1 is 1.44 bits per heavy atom. The summed E-state index contributed by atoms with van der Waals surface area (Å²) in [6.45, 7) is 3.30. The number of rotatable bonds is 3. The number of likely N-dealkylation sites (tertiary alicyclic amines) is 1. The van der Waals surface area contributed by atoms with E-state index < -0.39 is 0 Å². The van der Waals surface area contributed by atoms with E-state index >= 15 is 0 Å². The topological polar surface area (TPSA) is 61.6 Å². The fourth-order valence-electron chi connectivity index (χ4n) is 3.05. The van der Waals surface area contributed by atoms with Gasteiger partial charge in [-0.05, 0) is 0 Å². The Morgan fingerprint density at radius 2 is 2.28 bits per heavy atom. The minimum Gasteiger partial charge on any atom is -0.395 e. The number of anilines is 1. The zero-order chi connectivity index (χ0) is 12.7. The van der Waals surface area contributed by atoms with Gasteiger partial charge in [-0.1, -0.05) is 0 Å². The van der Waals surface area contributed by atoms with Gasteiger partial charge >= 0.3 is 0 Å². The number of hydrogen-bond acceptors (Lipinski definition) is 4. The molecule has 2 aliphatic rings. The lowest BCUT2D eigenvalue weighted by Crippen LogP contribution is -2.33. The van der Waals surface area contributed by atoms with E-state index in [0.29, 0.717) is 12.5 Å². The molecule has 0 aliphatic carbocycles. The molecule has 6 heteroatoms. The minimum absolute atomic E-state index is 0.0942. The number of fused-ring (bicyclic) bond motifs is 1. The van der Waals surface area contributed by atoms with Gasteiger partial charge in [-0.25, -0.2) is 0 Å². The maximum absolute atomic E-state index is 12.3. The monoisotopic (exact) mass is 250 g/mol. The van der Waals surface area contributed by atoms with Gasteiger partial charge in [0.25, 0.3) is 0 Å². The Balaban J connectivity index is 1.72.